The van der Waals surface area contributed by atoms with Crippen LogP contribution in [0.4, 0.5) is 0 Å². The van der Waals surface area contributed by atoms with Crippen molar-refractivity contribution in [1.82, 2.24) is 15.0 Å². The van der Waals surface area contributed by atoms with E-state index in [1.54, 1.807) is 6.07 Å². The lowest BCUT2D eigenvalue weighted by atomic mass is 10.0. The van der Waals surface area contributed by atoms with Crippen LogP contribution < -0.4 is 0 Å². The molecule has 82 valence electrons. The van der Waals surface area contributed by atoms with Gasteiger partial charge in [-0.2, -0.15) is 0 Å². The molecule has 0 fully saturated rings. The molecule has 0 spiro atoms. The van der Waals surface area contributed by atoms with E-state index in [1.165, 1.54) is 12.7 Å². The molecule has 0 saturated carbocycles. The standard InChI is InChI=1S/C12H13N3O/c1-8(2)9-3-4-10(11(16)5-9)12-14-6-13-7-15-12/h3-8,16H,1-2H3. The van der Waals surface area contributed by atoms with Crippen molar-refractivity contribution in [2.24, 2.45) is 0 Å². The van der Waals surface area contributed by atoms with Gasteiger partial charge in [-0.3, -0.25) is 0 Å². The average molecular weight is 215 g/mol. The third-order valence-electron chi connectivity index (χ3n) is 2.42. The largest absolute Gasteiger partial charge is 0.507 e. The minimum Gasteiger partial charge on any atom is -0.507 e. The van der Waals surface area contributed by atoms with Crippen molar-refractivity contribution in [1.29, 1.82) is 0 Å². The molecular weight excluding hydrogens is 202 g/mol. The summed E-state index contributed by atoms with van der Waals surface area (Å²) in [5.41, 5.74) is 1.72. The van der Waals surface area contributed by atoms with Crippen LogP contribution in [0.1, 0.15) is 25.3 Å². The molecular formula is C12H13N3O. The third-order valence-corrected chi connectivity index (χ3v) is 2.42. The molecule has 0 radical (unpaired) electrons. The van der Waals surface area contributed by atoms with Gasteiger partial charge in [0.15, 0.2) is 5.82 Å². The number of aromatic hydroxyl groups is 1. The van der Waals surface area contributed by atoms with Gasteiger partial charge < -0.3 is 5.11 Å². The monoisotopic (exact) mass is 215 g/mol. The molecule has 1 heterocycles. The second kappa shape index (κ2) is 4.26. The number of nitrogens with zero attached hydrogens (tertiary/aromatic N) is 3. The summed E-state index contributed by atoms with van der Waals surface area (Å²) < 4.78 is 0. The quantitative estimate of drug-likeness (QED) is 0.835. The van der Waals surface area contributed by atoms with Crippen molar-refractivity contribution < 1.29 is 5.11 Å². The van der Waals surface area contributed by atoms with Gasteiger partial charge in [0.25, 0.3) is 0 Å². The molecule has 1 N–H and O–H groups in total. The Morgan fingerprint density at radius 2 is 1.81 bits per heavy atom. The van der Waals surface area contributed by atoms with Gasteiger partial charge in [0, 0.05) is 0 Å². The summed E-state index contributed by atoms with van der Waals surface area (Å²) in [6.45, 7) is 4.16. The van der Waals surface area contributed by atoms with Crippen molar-refractivity contribution in [2.75, 3.05) is 0 Å². The first-order chi connectivity index (χ1) is 7.68. The van der Waals surface area contributed by atoms with Gasteiger partial charge in [0.1, 0.15) is 18.4 Å². The molecule has 0 amide bonds. The summed E-state index contributed by atoms with van der Waals surface area (Å²) in [4.78, 5) is 11.7. The highest BCUT2D eigenvalue weighted by atomic mass is 16.3. The minimum atomic E-state index is 0.206. The molecule has 2 rings (SSSR count). The molecule has 2 aromatic rings. The van der Waals surface area contributed by atoms with E-state index < -0.39 is 0 Å². The van der Waals surface area contributed by atoms with Crippen LogP contribution in [0.25, 0.3) is 11.4 Å². The number of aromatic nitrogens is 3. The molecule has 4 heteroatoms. The predicted molar refractivity (Wildman–Crippen MR) is 61.0 cm³/mol. The molecule has 0 aliphatic rings. The molecule has 4 nitrogen and oxygen atoms in total. The summed E-state index contributed by atoms with van der Waals surface area (Å²) in [7, 11) is 0. The number of rotatable bonds is 2. The molecule has 1 aromatic carbocycles. The fourth-order valence-corrected chi connectivity index (χ4v) is 1.48. The summed E-state index contributed by atoms with van der Waals surface area (Å²) in [5.74, 6) is 1.08. The number of phenolic OH excluding ortho intramolecular Hbond substituents is 1. The lowest BCUT2D eigenvalue weighted by Crippen LogP contribution is -1.92. The van der Waals surface area contributed by atoms with Crippen LogP contribution in [-0.4, -0.2) is 20.1 Å². The van der Waals surface area contributed by atoms with E-state index in [0.29, 0.717) is 17.3 Å². The van der Waals surface area contributed by atoms with Crippen molar-refractivity contribution >= 4 is 0 Å². The Bertz CT molecular complexity index is 483. The van der Waals surface area contributed by atoms with E-state index in [4.69, 9.17) is 0 Å². The van der Waals surface area contributed by atoms with Crippen LogP contribution in [0.15, 0.2) is 30.9 Å². The van der Waals surface area contributed by atoms with Crippen LogP contribution >= 0.6 is 0 Å². The Morgan fingerprint density at radius 3 is 2.38 bits per heavy atom. The molecule has 0 aliphatic heterocycles. The highest BCUT2D eigenvalue weighted by molar-refractivity contribution is 5.63. The summed E-state index contributed by atoms with van der Waals surface area (Å²) in [5, 5.41) is 9.89. The second-order valence-corrected chi connectivity index (χ2v) is 3.89. The van der Waals surface area contributed by atoms with E-state index in [9.17, 15) is 5.11 Å². The number of hydrogen-bond donors (Lipinski definition) is 1. The lowest BCUT2D eigenvalue weighted by molar-refractivity contribution is 0.475. The van der Waals surface area contributed by atoms with Gasteiger partial charge in [-0.1, -0.05) is 19.9 Å². The minimum absolute atomic E-state index is 0.206. The fourth-order valence-electron chi connectivity index (χ4n) is 1.48. The average Bonchev–Trinajstić information content (AvgIpc) is 2.30. The summed E-state index contributed by atoms with van der Waals surface area (Å²) in [6, 6.07) is 5.56. The molecule has 0 unspecified atom stereocenters. The fraction of sp³-hybridized carbons (Fsp3) is 0.250. The lowest BCUT2D eigenvalue weighted by Gasteiger charge is -2.08. The molecule has 0 atom stereocenters. The first-order valence-corrected chi connectivity index (χ1v) is 5.14. The zero-order valence-corrected chi connectivity index (χ0v) is 9.25. The third kappa shape index (κ3) is 2.00. The zero-order chi connectivity index (χ0) is 11.5. The molecule has 0 bridgehead atoms. The maximum absolute atomic E-state index is 9.89. The van der Waals surface area contributed by atoms with E-state index in [1.807, 2.05) is 12.1 Å². The smallest absolute Gasteiger partial charge is 0.166 e. The number of benzene rings is 1. The molecule has 1 aromatic heterocycles. The first kappa shape index (κ1) is 10.5. The Hall–Kier alpha value is -1.97. The predicted octanol–water partition coefficient (Wildman–Crippen LogP) is 2.37. The highest BCUT2D eigenvalue weighted by Gasteiger charge is 2.08. The van der Waals surface area contributed by atoms with Crippen LogP contribution in [0, 0.1) is 0 Å². The van der Waals surface area contributed by atoms with Crippen molar-refractivity contribution in [3.8, 4) is 17.1 Å². The van der Waals surface area contributed by atoms with Crippen LogP contribution in [0.2, 0.25) is 0 Å². The van der Waals surface area contributed by atoms with Crippen LogP contribution in [0.3, 0.4) is 0 Å². The topological polar surface area (TPSA) is 58.9 Å². The molecule has 0 aliphatic carbocycles. The van der Waals surface area contributed by atoms with E-state index in [2.05, 4.69) is 28.8 Å². The molecule has 0 saturated heterocycles. The Balaban J connectivity index is 2.45. The maximum atomic E-state index is 9.89. The number of hydrogen-bond acceptors (Lipinski definition) is 4. The Labute approximate surface area is 94.0 Å². The Morgan fingerprint density at radius 1 is 1.12 bits per heavy atom. The van der Waals surface area contributed by atoms with Crippen molar-refractivity contribution in [3.63, 3.8) is 0 Å². The van der Waals surface area contributed by atoms with E-state index in [-0.39, 0.29) is 5.75 Å². The zero-order valence-electron chi connectivity index (χ0n) is 9.25. The van der Waals surface area contributed by atoms with Crippen molar-refractivity contribution in [2.45, 2.75) is 19.8 Å². The second-order valence-electron chi connectivity index (χ2n) is 3.89. The van der Waals surface area contributed by atoms with Crippen LogP contribution in [-0.2, 0) is 0 Å². The van der Waals surface area contributed by atoms with E-state index >= 15 is 0 Å². The van der Waals surface area contributed by atoms with Gasteiger partial charge in [-0.25, -0.2) is 15.0 Å². The SMILES string of the molecule is CC(C)c1ccc(-c2ncncn2)c(O)c1. The normalized spacial score (nSPS) is 10.7. The number of phenols is 1. The molecule has 16 heavy (non-hydrogen) atoms. The Kier molecular flexibility index (Phi) is 2.81. The summed E-state index contributed by atoms with van der Waals surface area (Å²) >= 11 is 0. The highest BCUT2D eigenvalue weighted by Crippen LogP contribution is 2.29. The van der Waals surface area contributed by atoms with Gasteiger partial charge in [-0.05, 0) is 23.6 Å². The first-order valence-electron chi connectivity index (χ1n) is 5.14. The maximum Gasteiger partial charge on any atom is 0.166 e. The van der Waals surface area contributed by atoms with Crippen LogP contribution in [0.5, 0.6) is 5.75 Å². The summed E-state index contributed by atoms with van der Waals surface area (Å²) in [6.07, 6.45) is 2.83. The van der Waals surface area contributed by atoms with Gasteiger partial charge in [-0.15, -0.1) is 0 Å². The van der Waals surface area contributed by atoms with Crippen molar-refractivity contribution in [3.05, 3.63) is 36.4 Å². The van der Waals surface area contributed by atoms with Gasteiger partial charge >= 0.3 is 0 Å². The van der Waals surface area contributed by atoms with E-state index in [0.717, 1.165) is 5.56 Å². The van der Waals surface area contributed by atoms with Gasteiger partial charge in [0.05, 0.1) is 5.56 Å². The van der Waals surface area contributed by atoms with Gasteiger partial charge in [0.2, 0.25) is 0 Å².